The van der Waals surface area contributed by atoms with Crippen LogP contribution in [-0.2, 0) is 9.53 Å². The van der Waals surface area contributed by atoms with Gasteiger partial charge in [0.1, 0.15) is 11.5 Å². The van der Waals surface area contributed by atoms with Gasteiger partial charge in [0.05, 0.1) is 31.2 Å². The Morgan fingerprint density at radius 1 is 0.828 bits per heavy atom. The highest BCUT2D eigenvalue weighted by atomic mass is 16.5. The van der Waals surface area contributed by atoms with Crippen molar-refractivity contribution in [1.29, 1.82) is 0 Å². The summed E-state index contributed by atoms with van der Waals surface area (Å²) in [5, 5.41) is 8.45. The average Bonchev–Trinajstić information content (AvgIpc) is 2.73. The minimum Gasteiger partial charge on any atom is -0.494 e. The lowest BCUT2D eigenvalue weighted by Crippen LogP contribution is -2.06. The highest BCUT2D eigenvalue weighted by Gasteiger charge is 2.02. The fraction of sp³-hybridized carbons (Fsp3) is 0.348. The van der Waals surface area contributed by atoms with Crippen LogP contribution >= 0.6 is 0 Å². The first-order chi connectivity index (χ1) is 14.1. The van der Waals surface area contributed by atoms with Gasteiger partial charge < -0.3 is 14.2 Å². The number of azo groups is 1. The van der Waals surface area contributed by atoms with Crippen LogP contribution in [0.5, 0.6) is 11.5 Å². The second kappa shape index (κ2) is 12.3. The lowest BCUT2D eigenvalue weighted by molar-refractivity contribution is -0.139. The van der Waals surface area contributed by atoms with Gasteiger partial charge in [-0.3, -0.25) is 0 Å². The lowest BCUT2D eigenvalue weighted by atomic mass is 10.2. The number of benzene rings is 2. The van der Waals surface area contributed by atoms with E-state index in [-0.39, 0.29) is 5.97 Å². The van der Waals surface area contributed by atoms with E-state index in [4.69, 9.17) is 14.2 Å². The summed E-state index contributed by atoms with van der Waals surface area (Å²) < 4.78 is 16.2. The molecule has 2 aromatic rings. The molecule has 0 spiro atoms. The molecule has 154 valence electrons. The van der Waals surface area contributed by atoms with E-state index in [1.165, 1.54) is 0 Å². The second-order valence-electron chi connectivity index (χ2n) is 6.45. The molecule has 2 rings (SSSR count). The van der Waals surface area contributed by atoms with Crippen LogP contribution in [0.3, 0.4) is 0 Å². The van der Waals surface area contributed by atoms with Crippen molar-refractivity contribution in [1.82, 2.24) is 0 Å². The number of carbonyl (C=O) groups excluding carboxylic acids is 1. The molecule has 0 amide bonds. The number of hydrogen-bond donors (Lipinski definition) is 0. The zero-order valence-corrected chi connectivity index (χ0v) is 17.1. The molecule has 0 aliphatic heterocycles. The average molecular weight is 396 g/mol. The Morgan fingerprint density at radius 2 is 1.34 bits per heavy atom. The topological polar surface area (TPSA) is 69.5 Å². The number of nitrogens with zero attached hydrogens (tertiary/aromatic N) is 2. The van der Waals surface area contributed by atoms with Gasteiger partial charge in [-0.1, -0.05) is 6.58 Å². The normalized spacial score (nSPS) is 10.7. The quantitative estimate of drug-likeness (QED) is 0.186. The van der Waals surface area contributed by atoms with Crippen LogP contribution in [-0.4, -0.2) is 25.8 Å². The maximum absolute atomic E-state index is 11.2. The van der Waals surface area contributed by atoms with E-state index in [0.717, 1.165) is 42.1 Å². The summed E-state index contributed by atoms with van der Waals surface area (Å²) in [6.45, 7) is 8.81. The Bertz CT molecular complexity index is 799. The molecule has 0 N–H and O–H groups in total. The summed E-state index contributed by atoms with van der Waals surface area (Å²) in [5.41, 5.74) is 1.95. The molecule has 0 fully saturated rings. The molecular weight excluding hydrogens is 368 g/mol. The largest absolute Gasteiger partial charge is 0.494 e. The first-order valence-electron chi connectivity index (χ1n) is 9.78. The van der Waals surface area contributed by atoms with Crippen LogP contribution in [0, 0.1) is 0 Å². The predicted molar refractivity (Wildman–Crippen MR) is 113 cm³/mol. The van der Waals surface area contributed by atoms with Gasteiger partial charge in [0.2, 0.25) is 0 Å². The molecule has 0 aliphatic carbocycles. The molecule has 6 heteroatoms. The summed E-state index contributed by atoms with van der Waals surface area (Å²) in [4.78, 5) is 11.2. The Kier molecular flexibility index (Phi) is 9.42. The monoisotopic (exact) mass is 396 g/mol. The van der Waals surface area contributed by atoms with Gasteiger partial charge in [-0.15, -0.1) is 0 Å². The summed E-state index contributed by atoms with van der Waals surface area (Å²) in [6, 6.07) is 15.0. The maximum Gasteiger partial charge on any atom is 0.333 e. The van der Waals surface area contributed by atoms with Gasteiger partial charge in [-0.05, 0) is 81.6 Å². The zero-order chi connectivity index (χ0) is 20.9. The van der Waals surface area contributed by atoms with E-state index in [9.17, 15) is 4.79 Å². The van der Waals surface area contributed by atoms with Crippen LogP contribution < -0.4 is 9.47 Å². The third kappa shape index (κ3) is 8.60. The van der Waals surface area contributed by atoms with Gasteiger partial charge in [0, 0.05) is 5.57 Å². The highest BCUT2D eigenvalue weighted by Crippen LogP contribution is 2.23. The van der Waals surface area contributed by atoms with E-state index >= 15 is 0 Å². The number of hydrogen-bond acceptors (Lipinski definition) is 6. The summed E-state index contributed by atoms with van der Waals surface area (Å²) in [7, 11) is 0. The SMILES string of the molecule is C=C(C)C(=O)OCCCCCOc1ccc(N=Nc2ccc(OCC)cc2)cc1. The van der Waals surface area contributed by atoms with Crippen LogP contribution in [0.25, 0.3) is 0 Å². The summed E-state index contributed by atoms with van der Waals surface area (Å²) in [6.07, 6.45) is 2.63. The second-order valence-corrected chi connectivity index (χ2v) is 6.45. The Hall–Kier alpha value is -3.15. The van der Waals surface area contributed by atoms with Crippen LogP contribution in [0.4, 0.5) is 11.4 Å². The summed E-state index contributed by atoms with van der Waals surface area (Å²) in [5.74, 6) is 1.28. The molecule has 0 radical (unpaired) electrons. The summed E-state index contributed by atoms with van der Waals surface area (Å²) >= 11 is 0. The van der Waals surface area contributed by atoms with E-state index in [1.54, 1.807) is 6.92 Å². The van der Waals surface area contributed by atoms with Crippen LogP contribution in [0.1, 0.15) is 33.1 Å². The Morgan fingerprint density at radius 3 is 1.86 bits per heavy atom. The van der Waals surface area contributed by atoms with Gasteiger partial charge in [0.15, 0.2) is 0 Å². The minimum absolute atomic E-state index is 0.332. The third-order valence-corrected chi connectivity index (χ3v) is 3.90. The van der Waals surface area contributed by atoms with Crippen molar-refractivity contribution < 1.29 is 19.0 Å². The molecule has 0 atom stereocenters. The molecule has 29 heavy (non-hydrogen) atoms. The van der Waals surface area contributed by atoms with Crippen molar-refractivity contribution in [2.75, 3.05) is 19.8 Å². The zero-order valence-electron chi connectivity index (χ0n) is 17.1. The van der Waals surface area contributed by atoms with Crippen molar-refractivity contribution in [3.63, 3.8) is 0 Å². The highest BCUT2D eigenvalue weighted by molar-refractivity contribution is 5.86. The number of rotatable bonds is 12. The lowest BCUT2D eigenvalue weighted by Gasteiger charge is -2.07. The predicted octanol–water partition coefficient (Wildman–Crippen LogP) is 6.17. The minimum atomic E-state index is -0.332. The molecule has 6 nitrogen and oxygen atoms in total. The van der Waals surface area contributed by atoms with E-state index in [1.807, 2.05) is 55.5 Å². The van der Waals surface area contributed by atoms with Gasteiger partial charge in [0.25, 0.3) is 0 Å². The van der Waals surface area contributed by atoms with E-state index < -0.39 is 0 Å². The van der Waals surface area contributed by atoms with Crippen LogP contribution in [0.15, 0.2) is 70.9 Å². The van der Waals surface area contributed by atoms with Crippen molar-refractivity contribution in [2.24, 2.45) is 10.2 Å². The van der Waals surface area contributed by atoms with Gasteiger partial charge in [-0.2, -0.15) is 10.2 Å². The smallest absolute Gasteiger partial charge is 0.333 e. The molecule has 0 heterocycles. The Balaban J connectivity index is 1.66. The molecule has 0 saturated heterocycles. The Labute approximate surface area is 172 Å². The molecule has 2 aromatic carbocycles. The standard InChI is InChI=1S/C23H28N2O4/c1-4-27-21-12-8-19(9-13-21)24-25-20-10-14-22(15-11-20)28-16-6-5-7-17-29-23(26)18(2)3/h8-15H,2,4-7,16-17H2,1,3H3. The van der Waals surface area contributed by atoms with Gasteiger partial charge in [-0.25, -0.2) is 4.79 Å². The molecule has 0 aromatic heterocycles. The fourth-order valence-corrected chi connectivity index (χ4v) is 2.36. The third-order valence-electron chi connectivity index (χ3n) is 3.90. The number of unbranched alkanes of at least 4 members (excludes halogenated alkanes) is 2. The maximum atomic E-state index is 11.2. The van der Waals surface area contributed by atoms with E-state index in [2.05, 4.69) is 16.8 Å². The van der Waals surface area contributed by atoms with Crippen LogP contribution in [0.2, 0.25) is 0 Å². The number of carbonyl (C=O) groups is 1. The van der Waals surface area contributed by atoms with Crippen molar-refractivity contribution in [2.45, 2.75) is 33.1 Å². The molecule has 0 bridgehead atoms. The molecule has 0 unspecified atom stereocenters. The first-order valence-corrected chi connectivity index (χ1v) is 9.78. The molecular formula is C23H28N2O4. The van der Waals surface area contributed by atoms with E-state index in [0.29, 0.717) is 25.4 Å². The number of ether oxygens (including phenoxy) is 3. The fourth-order valence-electron chi connectivity index (χ4n) is 2.36. The van der Waals surface area contributed by atoms with Crippen molar-refractivity contribution in [3.8, 4) is 11.5 Å². The number of esters is 1. The van der Waals surface area contributed by atoms with Crippen molar-refractivity contribution >= 4 is 17.3 Å². The first kappa shape index (κ1) is 22.1. The molecule has 0 saturated carbocycles. The molecule has 0 aliphatic rings. The van der Waals surface area contributed by atoms with Gasteiger partial charge >= 0.3 is 5.97 Å². The van der Waals surface area contributed by atoms with Crippen molar-refractivity contribution in [3.05, 3.63) is 60.7 Å².